The average Bonchev–Trinajstić information content (AvgIpc) is 3.63. The van der Waals surface area contributed by atoms with E-state index >= 15 is 0 Å². The number of anilines is 3. The molecule has 2 aromatic heterocycles. The van der Waals surface area contributed by atoms with Crippen molar-refractivity contribution in [3.8, 4) is 22.9 Å². The molecule has 1 aliphatic heterocycles. The lowest BCUT2D eigenvalue weighted by molar-refractivity contribution is 0.477. The molecule has 0 saturated heterocycles. The first-order chi connectivity index (χ1) is 20.8. The van der Waals surface area contributed by atoms with Gasteiger partial charge < -0.3 is 18.8 Å². The van der Waals surface area contributed by atoms with Crippen molar-refractivity contribution in [1.82, 2.24) is 9.13 Å². The Balaban J connectivity index is 1.38. The molecule has 0 radical (unpaired) electrons. The number of hydrogen-bond donors (Lipinski definition) is 0. The Hall–Kier alpha value is -5.74. The molecular weight excluding hydrogens is 514 g/mol. The van der Waals surface area contributed by atoms with Crippen LogP contribution < -0.4 is 9.64 Å². The molecule has 0 amide bonds. The molecular formula is C38H25N3O. The largest absolute Gasteiger partial charge is 0.453 e. The molecule has 1 aliphatic rings. The molecule has 0 bridgehead atoms. The Morgan fingerprint density at radius 1 is 0.452 bits per heavy atom. The minimum Gasteiger partial charge on any atom is -0.453 e. The van der Waals surface area contributed by atoms with E-state index in [1.807, 2.05) is 24.3 Å². The third-order valence-electron chi connectivity index (χ3n) is 8.30. The summed E-state index contributed by atoms with van der Waals surface area (Å²) in [7, 11) is 0. The molecule has 0 atom stereocenters. The van der Waals surface area contributed by atoms with Crippen LogP contribution in [0.15, 0.2) is 152 Å². The number of aromatic nitrogens is 2. The van der Waals surface area contributed by atoms with Gasteiger partial charge in [-0.2, -0.15) is 0 Å². The Morgan fingerprint density at radius 2 is 1.10 bits per heavy atom. The van der Waals surface area contributed by atoms with Gasteiger partial charge in [0.25, 0.3) is 0 Å². The first kappa shape index (κ1) is 23.0. The van der Waals surface area contributed by atoms with Crippen molar-refractivity contribution in [3.05, 3.63) is 152 Å². The second kappa shape index (κ2) is 8.88. The fourth-order valence-corrected chi connectivity index (χ4v) is 6.48. The summed E-state index contributed by atoms with van der Waals surface area (Å²) in [5.41, 5.74) is 9.00. The zero-order valence-electron chi connectivity index (χ0n) is 22.7. The van der Waals surface area contributed by atoms with E-state index in [0.29, 0.717) is 0 Å². The molecule has 42 heavy (non-hydrogen) atoms. The molecule has 6 aromatic carbocycles. The predicted molar refractivity (Wildman–Crippen MR) is 172 cm³/mol. The zero-order valence-corrected chi connectivity index (χ0v) is 22.7. The van der Waals surface area contributed by atoms with Crippen LogP contribution in [0.4, 0.5) is 17.1 Å². The maximum Gasteiger partial charge on any atom is 0.151 e. The quantitative estimate of drug-likeness (QED) is 0.223. The van der Waals surface area contributed by atoms with Gasteiger partial charge in [0.05, 0.1) is 27.9 Å². The summed E-state index contributed by atoms with van der Waals surface area (Å²) in [6, 6.07) is 51.3. The number of nitrogens with zero attached hydrogens (tertiary/aromatic N) is 3. The molecule has 0 spiro atoms. The van der Waals surface area contributed by atoms with Crippen LogP contribution in [0, 0.1) is 0 Å². The maximum absolute atomic E-state index is 6.29. The van der Waals surface area contributed by atoms with Gasteiger partial charge >= 0.3 is 0 Å². The summed E-state index contributed by atoms with van der Waals surface area (Å²) in [5, 5.41) is 3.63. The van der Waals surface area contributed by atoms with Crippen LogP contribution in [0.25, 0.3) is 44.1 Å². The highest BCUT2D eigenvalue weighted by Crippen LogP contribution is 2.51. The lowest BCUT2D eigenvalue weighted by atomic mass is 10.1. The highest BCUT2D eigenvalue weighted by atomic mass is 16.5. The van der Waals surface area contributed by atoms with Crippen LogP contribution in [-0.2, 0) is 0 Å². The molecule has 9 rings (SSSR count). The molecule has 198 valence electrons. The van der Waals surface area contributed by atoms with Gasteiger partial charge in [0.2, 0.25) is 0 Å². The lowest BCUT2D eigenvalue weighted by Crippen LogP contribution is -2.15. The molecule has 0 saturated carbocycles. The number of rotatable bonds is 3. The smallest absolute Gasteiger partial charge is 0.151 e. The standard InChI is InChI=1S/C38H25N3O/c1-3-11-27(12-4-1)39-24-23-26-19-21-30-31-25-29(20-22-32(31)41(38(30)37(26)39)28-13-5-2-6-14-28)40-33-15-7-9-17-35(33)42-36-18-10-8-16-34(36)40/h1-25H. The summed E-state index contributed by atoms with van der Waals surface area (Å²) < 4.78 is 11.0. The van der Waals surface area contributed by atoms with Gasteiger partial charge in [-0.25, -0.2) is 0 Å². The normalized spacial score (nSPS) is 12.4. The highest BCUT2D eigenvalue weighted by Gasteiger charge is 2.26. The van der Waals surface area contributed by atoms with Gasteiger partial charge in [-0.3, -0.25) is 0 Å². The molecule has 4 nitrogen and oxygen atoms in total. The molecule has 8 aromatic rings. The van der Waals surface area contributed by atoms with Crippen molar-refractivity contribution >= 4 is 49.8 Å². The fraction of sp³-hybridized carbons (Fsp3) is 0. The van der Waals surface area contributed by atoms with Crippen molar-refractivity contribution in [3.63, 3.8) is 0 Å². The van der Waals surface area contributed by atoms with Crippen molar-refractivity contribution in [2.75, 3.05) is 4.90 Å². The second-order valence-corrected chi connectivity index (χ2v) is 10.7. The van der Waals surface area contributed by atoms with Gasteiger partial charge in [-0.05, 0) is 72.8 Å². The zero-order chi connectivity index (χ0) is 27.6. The van der Waals surface area contributed by atoms with Gasteiger partial charge in [-0.1, -0.05) is 72.8 Å². The van der Waals surface area contributed by atoms with E-state index in [1.165, 1.54) is 32.7 Å². The summed E-state index contributed by atoms with van der Waals surface area (Å²) in [5.74, 6) is 1.70. The van der Waals surface area contributed by atoms with Crippen LogP contribution in [0.1, 0.15) is 0 Å². The van der Waals surface area contributed by atoms with E-state index < -0.39 is 0 Å². The predicted octanol–water partition coefficient (Wildman–Crippen LogP) is 10.3. The van der Waals surface area contributed by atoms with Gasteiger partial charge in [0.1, 0.15) is 0 Å². The molecule has 0 unspecified atom stereocenters. The van der Waals surface area contributed by atoms with Crippen molar-refractivity contribution < 1.29 is 4.74 Å². The second-order valence-electron chi connectivity index (χ2n) is 10.7. The molecule has 4 heteroatoms. The first-order valence-electron chi connectivity index (χ1n) is 14.2. The summed E-state index contributed by atoms with van der Waals surface area (Å²) in [6.45, 7) is 0. The van der Waals surface area contributed by atoms with Gasteiger partial charge in [-0.15, -0.1) is 0 Å². The van der Waals surface area contributed by atoms with Crippen LogP contribution in [0.5, 0.6) is 11.5 Å². The Bertz CT molecular complexity index is 2230. The fourth-order valence-electron chi connectivity index (χ4n) is 6.48. The van der Waals surface area contributed by atoms with Gasteiger partial charge in [0.15, 0.2) is 11.5 Å². The third-order valence-corrected chi connectivity index (χ3v) is 8.30. The third kappa shape index (κ3) is 3.29. The number of fused-ring (bicyclic) bond motifs is 7. The SMILES string of the molecule is c1ccc(-n2ccc3ccc4c5cc(N6c7ccccc7Oc7ccccc76)ccc5n(-c5ccccc5)c4c32)cc1. The van der Waals surface area contributed by atoms with Crippen molar-refractivity contribution in [2.45, 2.75) is 0 Å². The molecule has 0 aliphatic carbocycles. The number of para-hydroxylation sites is 6. The summed E-state index contributed by atoms with van der Waals surface area (Å²) >= 11 is 0. The molecule has 0 fully saturated rings. The minimum atomic E-state index is 0.852. The van der Waals surface area contributed by atoms with E-state index in [0.717, 1.165) is 39.9 Å². The molecule has 0 N–H and O–H groups in total. The van der Waals surface area contributed by atoms with Gasteiger partial charge in [0, 0.05) is 39.4 Å². The average molecular weight is 540 g/mol. The van der Waals surface area contributed by atoms with E-state index in [4.69, 9.17) is 4.74 Å². The summed E-state index contributed by atoms with van der Waals surface area (Å²) in [4.78, 5) is 2.31. The van der Waals surface area contributed by atoms with Crippen molar-refractivity contribution in [2.24, 2.45) is 0 Å². The number of ether oxygens (including phenoxy) is 1. The summed E-state index contributed by atoms with van der Waals surface area (Å²) in [6.07, 6.45) is 2.18. The topological polar surface area (TPSA) is 22.3 Å². The van der Waals surface area contributed by atoms with Crippen LogP contribution in [0.2, 0.25) is 0 Å². The van der Waals surface area contributed by atoms with Crippen molar-refractivity contribution in [1.29, 1.82) is 0 Å². The minimum absolute atomic E-state index is 0.852. The van der Waals surface area contributed by atoms with Crippen LogP contribution in [0.3, 0.4) is 0 Å². The molecule has 3 heterocycles. The van der Waals surface area contributed by atoms with E-state index in [1.54, 1.807) is 0 Å². The Labute approximate surface area is 242 Å². The van der Waals surface area contributed by atoms with E-state index in [-0.39, 0.29) is 0 Å². The van der Waals surface area contributed by atoms with Crippen LogP contribution in [-0.4, -0.2) is 9.13 Å². The Kier molecular flexibility index (Phi) is 4.87. The van der Waals surface area contributed by atoms with E-state index in [2.05, 4.69) is 142 Å². The first-order valence-corrected chi connectivity index (χ1v) is 14.2. The lowest BCUT2D eigenvalue weighted by Gasteiger charge is -2.32. The Morgan fingerprint density at radius 3 is 1.81 bits per heavy atom. The number of benzene rings is 6. The monoisotopic (exact) mass is 539 g/mol. The number of hydrogen-bond acceptors (Lipinski definition) is 2. The maximum atomic E-state index is 6.29. The highest BCUT2D eigenvalue weighted by molar-refractivity contribution is 6.19. The van der Waals surface area contributed by atoms with E-state index in [9.17, 15) is 0 Å². The van der Waals surface area contributed by atoms with Crippen LogP contribution >= 0.6 is 0 Å².